The van der Waals surface area contributed by atoms with Crippen molar-refractivity contribution >= 4 is 5.78 Å². The van der Waals surface area contributed by atoms with Crippen molar-refractivity contribution in [1.29, 1.82) is 0 Å². The average molecular weight is 364 g/mol. The molecule has 0 bridgehead atoms. The van der Waals surface area contributed by atoms with E-state index in [1.54, 1.807) is 36.6 Å². The first-order chi connectivity index (χ1) is 13.1. The smallest absolute Gasteiger partial charge is 0.196 e. The van der Waals surface area contributed by atoms with Crippen LogP contribution in [0.3, 0.4) is 0 Å². The summed E-state index contributed by atoms with van der Waals surface area (Å²) in [7, 11) is 2.96. The number of rotatable bonds is 7. The Morgan fingerprint density at radius 1 is 1.15 bits per heavy atom. The average Bonchev–Trinajstić information content (AvgIpc) is 3.23. The summed E-state index contributed by atoms with van der Waals surface area (Å²) < 4.78 is 16.0. The van der Waals surface area contributed by atoms with Crippen LogP contribution in [-0.4, -0.2) is 25.1 Å². The zero-order valence-electron chi connectivity index (χ0n) is 15.2. The second kappa shape index (κ2) is 7.83. The lowest BCUT2D eigenvalue weighted by Crippen LogP contribution is -2.06. The minimum absolute atomic E-state index is 0.00486. The molecule has 0 aliphatic rings. The molecule has 1 N–H and O–H groups in total. The third-order valence-corrected chi connectivity index (χ3v) is 4.25. The molecule has 0 saturated heterocycles. The molecule has 138 valence electrons. The molecule has 0 aliphatic carbocycles. The van der Waals surface area contributed by atoms with E-state index in [9.17, 15) is 9.90 Å². The first-order valence-corrected chi connectivity index (χ1v) is 8.36. The van der Waals surface area contributed by atoms with Crippen molar-refractivity contribution in [2.45, 2.75) is 6.42 Å². The summed E-state index contributed by atoms with van der Waals surface area (Å²) in [4.78, 5) is 13.2. The number of aromatic hydroxyl groups is 1. The van der Waals surface area contributed by atoms with Crippen molar-refractivity contribution in [1.82, 2.24) is 0 Å². The highest BCUT2D eigenvalue weighted by Gasteiger charge is 2.20. The Morgan fingerprint density at radius 2 is 1.93 bits per heavy atom. The van der Waals surface area contributed by atoms with E-state index in [4.69, 9.17) is 13.9 Å². The summed E-state index contributed by atoms with van der Waals surface area (Å²) in [6.45, 7) is 3.69. The van der Waals surface area contributed by atoms with E-state index in [2.05, 4.69) is 6.58 Å². The van der Waals surface area contributed by atoms with Crippen LogP contribution in [0.4, 0.5) is 0 Å². The van der Waals surface area contributed by atoms with Crippen molar-refractivity contribution in [3.05, 3.63) is 78.1 Å². The molecule has 5 nitrogen and oxygen atoms in total. The third kappa shape index (κ3) is 3.58. The van der Waals surface area contributed by atoms with E-state index in [0.717, 1.165) is 5.56 Å². The number of ether oxygens (including phenoxy) is 2. The first kappa shape index (κ1) is 18.3. The number of hydrogen-bond donors (Lipinski definition) is 1. The topological polar surface area (TPSA) is 68.9 Å². The molecule has 0 unspecified atom stereocenters. The summed E-state index contributed by atoms with van der Waals surface area (Å²) in [5, 5.41) is 10.2. The molecule has 3 aromatic rings. The summed E-state index contributed by atoms with van der Waals surface area (Å²) in [5.74, 6) is 1.10. The number of carbonyl (C=O) groups excluding carboxylic acids is 1. The fraction of sp³-hybridized carbons (Fsp3) is 0.136. The van der Waals surface area contributed by atoms with Crippen LogP contribution in [0.15, 0.2) is 65.8 Å². The minimum Gasteiger partial charge on any atom is -0.504 e. The van der Waals surface area contributed by atoms with E-state index < -0.39 is 0 Å². The Balaban J connectivity index is 2.11. The van der Waals surface area contributed by atoms with Gasteiger partial charge in [-0.15, -0.1) is 6.58 Å². The first-order valence-electron chi connectivity index (χ1n) is 8.36. The molecule has 0 saturated carbocycles. The number of carbonyl (C=O) groups is 1. The molecule has 0 spiro atoms. The maximum atomic E-state index is 13.2. The Bertz CT molecular complexity index is 971. The second-order valence-electron chi connectivity index (χ2n) is 5.90. The van der Waals surface area contributed by atoms with Gasteiger partial charge in [0.1, 0.15) is 11.5 Å². The van der Waals surface area contributed by atoms with Gasteiger partial charge in [-0.05, 0) is 48.9 Å². The summed E-state index contributed by atoms with van der Waals surface area (Å²) >= 11 is 0. The lowest BCUT2D eigenvalue weighted by Gasteiger charge is -2.13. The van der Waals surface area contributed by atoms with Gasteiger partial charge in [-0.1, -0.05) is 6.08 Å². The van der Waals surface area contributed by atoms with Gasteiger partial charge in [0.2, 0.25) is 0 Å². The lowest BCUT2D eigenvalue weighted by molar-refractivity contribution is 0.103. The van der Waals surface area contributed by atoms with Crippen LogP contribution in [0.25, 0.3) is 11.3 Å². The van der Waals surface area contributed by atoms with Crippen LogP contribution in [-0.2, 0) is 6.42 Å². The van der Waals surface area contributed by atoms with Gasteiger partial charge in [-0.2, -0.15) is 0 Å². The van der Waals surface area contributed by atoms with Crippen LogP contribution >= 0.6 is 0 Å². The van der Waals surface area contributed by atoms with E-state index in [1.165, 1.54) is 20.3 Å². The zero-order valence-corrected chi connectivity index (χ0v) is 15.2. The predicted molar refractivity (Wildman–Crippen MR) is 103 cm³/mol. The van der Waals surface area contributed by atoms with Gasteiger partial charge in [0.15, 0.2) is 17.3 Å². The monoisotopic (exact) mass is 364 g/mol. The number of benzene rings is 2. The van der Waals surface area contributed by atoms with Gasteiger partial charge < -0.3 is 19.0 Å². The quantitative estimate of drug-likeness (QED) is 0.489. The largest absolute Gasteiger partial charge is 0.504 e. The maximum Gasteiger partial charge on any atom is 0.196 e. The normalized spacial score (nSPS) is 10.4. The van der Waals surface area contributed by atoms with Crippen LogP contribution in [0.5, 0.6) is 17.2 Å². The molecule has 1 aromatic heterocycles. The Hall–Kier alpha value is -3.47. The number of methoxy groups -OCH3 is 2. The molecule has 27 heavy (non-hydrogen) atoms. The summed E-state index contributed by atoms with van der Waals surface area (Å²) in [5.41, 5.74) is 2.11. The molecule has 0 fully saturated rings. The van der Waals surface area contributed by atoms with E-state index >= 15 is 0 Å². The number of phenolic OH excluding ortho intramolecular Hbond substituents is 1. The third-order valence-electron chi connectivity index (χ3n) is 4.25. The fourth-order valence-corrected chi connectivity index (χ4v) is 2.90. The van der Waals surface area contributed by atoms with Crippen LogP contribution < -0.4 is 9.47 Å². The van der Waals surface area contributed by atoms with Gasteiger partial charge in [0.25, 0.3) is 0 Å². The molecule has 1 heterocycles. The molecule has 3 rings (SSSR count). The van der Waals surface area contributed by atoms with Gasteiger partial charge in [-0.3, -0.25) is 4.79 Å². The highest BCUT2D eigenvalue weighted by atomic mass is 16.5. The molecule has 0 atom stereocenters. The number of ketones is 1. The number of phenols is 1. The van der Waals surface area contributed by atoms with Crippen molar-refractivity contribution < 1.29 is 23.8 Å². The molecule has 0 amide bonds. The number of allylic oxidation sites excluding steroid dienone is 1. The molecular formula is C22H20O5. The van der Waals surface area contributed by atoms with Gasteiger partial charge in [0, 0.05) is 16.7 Å². The van der Waals surface area contributed by atoms with E-state index in [0.29, 0.717) is 34.6 Å². The Labute approximate surface area is 157 Å². The molecular weight excluding hydrogens is 344 g/mol. The van der Waals surface area contributed by atoms with Crippen molar-refractivity contribution in [2.75, 3.05) is 14.2 Å². The predicted octanol–water partition coefficient (Wildman–Crippen LogP) is 4.63. The van der Waals surface area contributed by atoms with Crippen molar-refractivity contribution in [2.24, 2.45) is 0 Å². The highest BCUT2D eigenvalue weighted by molar-refractivity contribution is 6.11. The van der Waals surface area contributed by atoms with Crippen LogP contribution in [0.1, 0.15) is 21.5 Å². The van der Waals surface area contributed by atoms with Gasteiger partial charge >= 0.3 is 0 Å². The molecule has 0 radical (unpaired) electrons. The fourth-order valence-electron chi connectivity index (χ4n) is 2.90. The second-order valence-corrected chi connectivity index (χ2v) is 5.90. The Morgan fingerprint density at radius 3 is 2.56 bits per heavy atom. The SMILES string of the molecule is C=CCc1cc(C(=O)c2cc(-c3ccco3)ccc2OC)cc(OC)c1O. The van der Waals surface area contributed by atoms with Crippen LogP contribution in [0, 0.1) is 0 Å². The zero-order chi connectivity index (χ0) is 19.4. The van der Waals surface area contributed by atoms with Crippen molar-refractivity contribution in [3.63, 3.8) is 0 Å². The van der Waals surface area contributed by atoms with E-state index in [1.807, 2.05) is 12.1 Å². The van der Waals surface area contributed by atoms with Gasteiger partial charge in [-0.25, -0.2) is 0 Å². The maximum absolute atomic E-state index is 13.2. The van der Waals surface area contributed by atoms with Crippen molar-refractivity contribution in [3.8, 4) is 28.6 Å². The van der Waals surface area contributed by atoms with E-state index in [-0.39, 0.29) is 17.3 Å². The summed E-state index contributed by atoms with van der Waals surface area (Å²) in [6.07, 6.45) is 3.64. The van der Waals surface area contributed by atoms with Crippen LogP contribution in [0.2, 0.25) is 0 Å². The lowest BCUT2D eigenvalue weighted by atomic mass is 9.96. The standard InChI is InChI=1S/C22H20O5/c1-4-6-15-11-16(13-20(26-3)22(15)24)21(23)17-12-14(8-9-19(17)25-2)18-7-5-10-27-18/h4-5,7-13,24H,1,6H2,2-3H3. The Kier molecular flexibility index (Phi) is 5.31. The summed E-state index contributed by atoms with van der Waals surface area (Å²) in [6, 6.07) is 12.0. The van der Waals surface area contributed by atoms with Gasteiger partial charge in [0.05, 0.1) is 26.0 Å². The number of furan rings is 1. The number of hydrogen-bond acceptors (Lipinski definition) is 5. The molecule has 0 aliphatic heterocycles. The molecule has 5 heteroatoms. The minimum atomic E-state index is -0.246. The molecule has 2 aromatic carbocycles. The highest BCUT2D eigenvalue weighted by Crippen LogP contribution is 2.34.